The predicted molar refractivity (Wildman–Crippen MR) is 109 cm³/mol. The predicted octanol–water partition coefficient (Wildman–Crippen LogP) is 3.78. The van der Waals surface area contributed by atoms with Crippen molar-refractivity contribution >= 4 is 11.6 Å². The summed E-state index contributed by atoms with van der Waals surface area (Å²) in [6, 6.07) is 13.8. The molecule has 1 N–H and O–H groups in total. The van der Waals surface area contributed by atoms with E-state index in [0.29, 0.717) is 12.1 Å². The zero-order valence-corrected chi connectivity index (χ0v) is 16.5. The summed E-state index contributed by atoms with van der Waals surface area (Å²) in [5, 5.41) is 7.08. The molecular weight excluding hydrogens is 373 g/mol. The summed E-state index contributed by atoms with van der Waals surface area (Å²) >= 11 is 0. The van der Waals surface area contributed by atoms with Gasteiger partial charge in [0.25, 0.3) is 11.5 Å². The van der Waals surface area contributed by atoms with E-state index in [9.17, 15) is 14.0 Å². The Labute approximate surface area is 168 Å². The molecule has 1 aromatic heterocycles. The van der Waals surface area contributed by atoms with Crippen LogP contribution in [-0.2, 0) is 4.79 Å². The fourth-order valence-corrected chi connectivity index (χ4v) is 2.91. The van der Waals surface area contributed by atoms with E-state index < -0.39 is 17.5 Å². The van der Waals surface area contributed by atoms with E-state index in [2.05, 4.69) is 10.4 Å². The zero-order valence-electron chi connectivity index (χ0n) is 16.5. The molecule has 0 aliphatic heterocycles. The van der Waals surface area contributed by atoms with Gasteiger partial charge in [-0.3, -0.25) is 9.59 Å². The molecule has 0 unspecified atom stereocenters. The fourth-order valence-electron chi connectivity index (χ4n) is 2.91. The van der Waals surface area contributed by atoms with Crippen molar-refractivity contribution in [3.8, 4) is 11.6 Å². The van der Waals surface area contributed by atoms with Gasteiger partial charge >= 0.3 is 0 Å². The number of nitrogens with one attached hydrogen (secondary N) is 1. The summed E-state index contributed by atoms with van der Waals surface area (Å²) in [4.78, 5) is 24.9. The molecule has 6 nitrogen and oxygen atoms in total. The minimum atomic E-state index is -0.791. The summed E-state index contributed by atoms with van der Waals surface area (Å²) in [5.41, 5.74) is 2.67. The number of aryl methyl sites for hydroxylation is 2. The number of para-hydroxylation sites is 1. The van der Waals surface area contributed by atoms with Crippen molar-refractivity contribution in [2.45, 2.75) is 33.3 Å². The molecule has 3 aromatic rings. The van der Waals surface area contributed by atoms with Gasteiger partial charge in [-0.25, -0.2) is 4.39 Å². The third-order valence-electron chi connectivity index (χ3n) is 4.50. The van der Waals surface area contributed by atoms with E-state index in [1.54, 1.807) is 0 Å². The number of anilines is 1. The average molecular weight is 395 g/mol. The van der Waals surface area contributed by atoms with Crippen molar-refractivity contribution in [3.05, 3.63) is 81.9 Å². The standard InChI is InChI=1S/C22H22FN3O3/c1-4-18(22(28)24-21-14(2)6-5-7-15(21)3)29-19-12-13-20(27)26(25-19)17-10-8-16(23)9-11-17/h5-13,18H,4H2,1-3H3,(H,24,28)/t18-/m0/s1. The first-order chi connectivity index (χ1) is 13.9. The summed E-state index contributed by atoms with van der Waals surface area (Å²) in [5.74, 6) is -0.591. The molecule has 0 radical (unpaired) electrons. The monoisotopic (exact) mass is 395 g/mol. The average Bonchev–Trinajstić information content (AvgIpc) is 2.70. The number of benzene rings is 2. The Morgan fingerprint density at radius 2 is 1.76 bits per heavy atom. The van der Waals surface area contributed by atoms with Crippen molar-refractivity contribution in [1.82, 2.24) is 9.78 Å². The van der Waals surface area contributed by atoms with Gasteiger partial charge in [0, 0.05) is 17.8 Å². The second kappa shape index (κ2) is 8.68. The SMILES string of the molecule is CC[C@H](Oc1ccc(=O)n(-c2ccc(F)cc2)n1)C(=O)Nc1c(C)cccc1C. The Morgan fingerprint density at radius 3 is 2.38 bits per heavy atom. The van der Waals surface area contributed by atoms with Gasteiger partial charge in [0.15, 0.2) is 6.10 Å². The first kappa shape index (κ1) is 20.3. The zero-order chi connectivity index (χ0) is 21.0. The van der Waals surface area contributed by atoms with E-state index in [1.165, 1.54) is 36.4 Å². The number of carbonyl (C=O) groups excluding carboxylic acids is 1. The second-order valence-electron chi connectivity index (χ2n) is 6.67. The maximum absolute atomic E-state index is 13.1. The second-order valence-corrected chi connectivity index (χ2v) is 6.67. The molecule has 7 heteroatoms. The molecule has 1 atom stereocenters. The van der Waals surface area contributed by atoms with Crippen molar-refractivity contribution in [2.24, 2.45) is 0 Å². The fraction of sp³-hybridized carbons (Fsp3) is 0.227. The minimum absolute atomic E-state index is 0.123. The molecule has 3 rings (SSSR count). The number of aromatic nitrogens is 2. The number of halogens is 1. The van der Waals surface area contributed by atoms with Crippen LogP contribution in [0.15, 0.2) is 59.4 Å². The third kappa shape index (κ3) is 4.68. The number of rotatable bonds is 6. The van der Waals surface area contributed by atoms with Crippen LogP contribution in [0.1, 0.15) is 24.5 Å². The van der Waals surface area contributed by atoms with Crippen molar-refractivity contribution in [1.29, 1.82) is 0 Å². The number of nitrogens with zero attached hydrogens (tertiary/aromatic N) is 2. The smallest absolute Gasteiger partial charge is 0.271 e. The molecule has 0 saturated carbocycles. The lowest BCUT2D eigenvalue weighted by molar-refractivity contribution is -0.123. The molecule has 0 saturated heterocycles. The molecule has 150 valence electrons. The van der Waals surface area contributed by atoms with E-state index in [4.69, 9.17) is 4.74 Å². The van der Waals surface area contributed by atoms with Crippen LogP contribution >= 0.6 is 0 Å². The van der Waals surface area contributed by atoms with E-state index in [1.807, 2.05) is 39.0 Å². The summed E-state index contributed by atoms with van der Waals surface area (Å²) in [6.45, 7) is 5.67. The Morgan fingerprint density at radius 1 is 1.10 bits per heavy atom. The van der Waals surface area contributed by atoms with Crippen LogP contribution < -0.4 is 15.6 Å². The molecule has 29 heavy (non-hydrogen) atoms. The molecule has 0 aliphatic rings. The highest BCUT2D eigenvalue weighted by atomic mass is 19.1. The number of hydrogen-bond donors (Lipinski definition) is 1. The number of amides is 1. The van der Waals surface area contributed by atoms with Crippen molar-refractivity contribution in [2.75, 3.05) is 5.32 Å². The highest BCUT2D eigenvalue weighted by Crippen LogP contribution is 2.20. The quantitative estimate of drug-likeness (QED) is 0.689. The van der Waals surface area contributed by atoms with Crippen LogP contribution in [-0.4, -0.2) is 21.8 Å². The van der Waals surface area contributed by atoms with Gasteiger partial charge in [0.05, 0.1) is 5.69 Å². The van der Waals surface area contributed by atoms with Crippen LogP contribution in [0.4, 0.5) is 10.1 Å². The number of hydrogen-bond acceptors (Lipinski definition) is 4. The molecular formula is C22H22FN3O3. The summed E-state index contributed by atoms with van der Waals surface area (Å²) < 4.78 is 20.0. The number of ether oxygens (including phenoxy) is 1. The first-order valence-corrected chi connectivity index (χ1v) is 9.29. The van der Waals surface area contributed by atoms with Crippen molar-refractivity contribution in [3.63, 3.8) is 0 Å². The Hall–Kier alpha value is -3.48. The maximum Gasteiger partial charge on any atom is 0.271 e. The Bertz CT molecular complexity index is 1060. The lowest BCUT2D eigenvalue weighted by atomic mass is 10.1. The normalized spacial score (nSPS) is 11.7. The summed E-state index contributed by atoms with van der Waals surface area (Å²) in [6.07, 6.45) is -0.380. The maximum atomic E-state index is 13.1. The van der Waals surface area contributed by atoms with Gasteiger partial charge in [-0.15, -0.1) is 5.10 Å². The van der Waals surface area contributed by atoms with Crippen LogP contribution in [0.25, 0.3) is 5.69 Å². The van der Waals surface area contributed by atoms with Crippen molar-refractivity contribution < 1.29 is 13.9 Å². The summed E-state index contributed by atoms with van der Waals surface area (Å²) in [7, 11) is 0. The van der Waals surface area contributed by atoms with Crippen LogP contribution in [0.3, 0.4) is 0 Å². The largest absolute Gasteiger partial charge is 0.463 e. The lowest BCUT2D eigenvalue weighted by Gasteiger charge is -2.19. The molecule has 1 amide bonds. The molecule has 0 spiro atoms. The van der Waals surface area contributed by atoms with Gasteiger partial charge in [-0.05, 0) is 55.7 Å². The molecule has 0 bridgehead atoms. The molecule has 0 aliphatic carbocycles. The van der Waals surface area contributed by atoms with Gasteiger partial charge < -0.3 is 10.1 Å². The topological polar surface area (TPSA) is 73.2 Å². The minimum Gasteiger partial charge on any atom is -0.463 e. The van der Waals surface area contributed by atoms with Crippen LogP contribution in [0.5, 0.6) is 5.88 Å². The molecule has 2 aromatic carbocycles. The Balaban J connectivity index is 1.82. The van der Waals surface area contributed by atoms with E-state index in [-0.39, 0.29) is 11.8 Å². The molecule has 1 heterocycles. The van der Waals surface area contributed by atoms with Crippen LogP contribution in [0.2, 0.25) is 0 Å². The van der Waals surface area contributed by atoms with Gasteiger partial charge in [0.2, 0.25) is 5.88 Å². The molecule has 0 fully saturated rings. The van der Waals surface area contributed by atoms with E-state index >= 15 is 0 Å². The third-order valence-corrected chi connectivity index (χ3v) is 4.50. The van der Waals surface area contributed by atoms with E-state index in [0.717, 1.165) is 21.5 Å². The van der Waals surface area contributed by atoms with Gasteiger partial charge in [0.1, 0.15) is 5.82 Å². The Kier molecular flexibility index (Phi) is 6.07. The van der Waals surface area contributed by atoms with Gasteiger partial charge in [-0.2, -0.15) is 4.68 Å². The first-order valence-electron chi connectivity index (χ1n) is 9.29. The number of carbonyl (C=O) groups is 1. The highest BCUT2D eigenvalue weighted by Gasteiger charge is 2.21. The lowest BCUT2D eigenvalue weighted by Crippen LogP contribution is -2.33. The van der Waals surface area contributed by atoms with Gasteiger partial charge in [-0.1, -0.05) is 25.1 Å². The van der Waals surface area contributed by atoms with Crippen LogP contribution in [0, 0.1) is 19.7 Å². The highest BCUT2D eigenvalue weighted by molar-refractivity contribution is 5.95.